The largest absolute Gasteiger partial charge is 0.508 e. The molecule has 0 unspecified atom stereocenters. The number of nitrogens with zero attached hydrogens (tertiary/aromatic N) is 4. The summed E-state index contributed by atoms with van der Waals surface area (Å²) in [6.45, 7) is 2.46. The Balaban J connectivity index is 2.35. The van der Waals surface area contributed by atoms with Crippen molar-refractivity contribution in [1.29, 1.82) is 0 Å². The van der Waals surface area contributed by atoms with Gasteiger partial charge in [-0.2, -0.15) is 0 Å². The molecule has 2 aromatic rings. The highest BCUT2D eigenvalue weighted by Crippen LogP contribution is 2.20. The molecule has 20 nitrogen and oxygen atoms in total. The summed E-state index contributed by atoms with van der Waals surface area (Å²) < 4.78 is 0. The lowest BCUT2D eigenvalue weighted by molar-refractivity contribution is -0.135. The molecule has 0 saturated heterocycles. The number of aromatic nitrogens is 2. The number of carbonyl (C=O) groups excluding carboxylic acids is 5. The van der Waals surface area contributed by atoms with Gasteiger partial charge in [-0.25, -0.2) is 4.98 Å². The van der Waals surface area contributed by atoms with Crippen molar-refractivity contribution in [1.82, 2.24) is 20.6 Å². The topological polar surface area (TPSA) is 378 Å². The fourth-order valence-electron chi connectivity index (χ4n) is 6.13. The molecule has 0 saturated carbocycles. The van der Waals surface area contributed by atoms with E-state index < -0.39 is 53.2 Å². The summed E-state index contributed by atoms with van der Waals surface area (Å²) in [5.41, 5.74) is 39.7. The molecule has 0 aliphatic carbocycles. The molecule has 1 aromatic carbocycles. The first kappa shape index (κ1) is 46.9. The van der Waals surface area contributed by atoms with E-state index >= 15 is 0 Å². The fourth-order valence-corrected chi connectivity index (χ4v) is 6.13. The van der Waals surface area contributed by atoms with Crippen molar-refractivity contribution in [3.63, 3.8) is 0 Å². The van der Waals surface area contributed by atoms with Crippen LogP contribution in [0.2, 0.25) is 0 Å². The van der Waals surface area contributed by atoms with Crippen molar-refractivity contribution in [2.75, 3.05) is 19.6 Å². The van der Waals surface area contributed by atoms with Crippen molar-refractivity contribution in [2.45, 2.75) is 89.6 Å². The number of rotatable bonds is 28. The molecule has 2 rings (SSSR count). The Morgan fingerprint density at radius 3 is 1.60 bits per heavy atom. The number of phenolic OH excluding ortho intramolecular Hbond substituents is 1. The lowest BCUT2D eigenvalue weighted by Crippen LogP contribution is -2.48. The zero-order valence-electron chi connectivity index (χ0n) is 32.6. The third-order valence-electron chi connectivity index (χ3n) is 9.28. The maximum absolute atomic E-state index is 14.1. The van der Waals surface area contributed by atoms with E-state index in [4.69, 9.17) is 40.1 Å². The number of ketones is 2. The van der Waals surface area contributed by atoms with Gasteiger partial charge in [-0.1, -0.05) is 19.1 Å². The van der Waals surface area contributed by atoms with Gasteiger partial charge in [0.15, 0.2) is 29.4 Å². The number of guanidine groups is 3. The second kappa shape index (κ2) is 25.0. The highest BCUT2D eigenvalue weighted by atomic mass is 16.3. The number of nitrogens with one attached hydrogen (secondary N) is 3. The molecule has 1 aromatic heterocycles. The molecule has 3 amide bonds. The van der Waals surface area contributed by atoms with Crippen LogP contribution in [0.15, 0.2) is 51.8 Å². The van der Waals surface area contributed by atoms with Crippen LogP contribution in [0.4, 0.5) is 0 Å². The maximum atomic E-state index is 14.1. The number of phenols is 1. The number of aromatic hydroxyl groups is 1. The van der Waals surface area contributed by atoms with Crippen molar-refractivity contribution in [3.8, 4) is 5.75 Å². The van der Waals surface area contributed by atoms with Gasteiger partial charge in [0.25, 0.3) is 0 Å². The molecular formula is C37H60N14O6. The van der Waals surface area contributed by atoms with Crippen molar-refractivity contribution >= 4 is 47.2 Å². The third kappa shape index (κ3) is 18.8. The smallest absolute Gasteiger partial charge is 0.224 e. The summed E-state index contributed by atoms with van der Waals surface area (Å²) in [7, 11) is 0. The third-order valence-corrected chi connectivity index (χ3v) is 9.28. The van der Waals surface area contributed by atoms with Crippen LogP contribution in [-0.2, 0) is 36.8 Å². The zero-order chi connectivity index (χ0) is 42.3. The molecule has 0 fully saturated rings. The molecule has 20 heteroatoms. The lowest BCUT2D eigenvalue weighted by atomic mass is 9.89. The number of aliphatic imine (C=N–C) groups is 3. The second-order valence-electron chi connectivity index (χ2n) is 13.9. The highest BCUT2D eigenvalue weighted by molar-refractivity contribution is 5.95. The molecule has 57 heavy (non-hydrogen) atoms. The molecule has 0 aliphatic rings. The van der Waals surface area contributed by atoms with E-state index in [2.05, 4.69) is 35.6 Å². The average molecular weight is 797 g/mol. The van der Waals surface area contributed by atoms with Crippen LogP contribution in [0, 0.1) is 17.8 Å². The minimum atomic E-state index is -1.08. The first-order chi connectivity index (χ1) is 27.1. The van der Waals surface area contributed by atoms with Crippen molar-refractivity contribution in [3.05, 3.63) is 48.0 Å². The van der Waals surface area contributed by atoms with Crippen LogP contribution < -0.4 is 50.8 Å². The van der Waals surface area contributed by atoms with Gasteiger partial charge < -0.3 is 60.9 Å². The van der Waals surface area contributed by atoms with Gasteiger partial charge >= 0.3 is 0 Å². The summed E-state index contributed by atoms with van der Waals surface area (Å²) in [5, 5.41) is 15.4. The lowest BCUT2D eigenvalue weighted by Gasteiger charge is -2.25. The number of aromatic amines is 1. The summed E-state index contributed by atoms with van der Waals surface area (Å²) in [6, 6.07) is 4.45. The number of H-pyrrole nitrogens is 1. The summed E-state index contributed by atoms with van der Waals surface area (Å²) in [4.78, 5) is 86.8. The molecule has 0 aliphatic heterocycles. The van der Waals surface area contributed by atoms with E-state index in [9.17, 15) is 29.1 Å². The molecular weight excluding hydrogens is 736 g/mol. The van der Waals surface area contributed by atoms with E-state index in [1.54, 1.807) is 12.1 Å². The number of hydrogen-bond donors (Lipinski definition) is 11. The monoisotopic (exact) mass is 796 g/mol. The van der Waals surface area contributed by atoms with Crippen LogP contribution in [0.5, 0.6) is 5.75 Å². The summed E-state index contributed by atoms with van der Waals surface area (Å²) in [5.74, 6) is -5.13. The van der Waals surface area contributed by atoms with Gasteiger partial charge in [0, 0.05) is 62.6 Å². The predicted octanol–water partition coefficient (Wildman–Crippen LogP) is -1.31. The van der Waals surface area contributed by atoms with E-state index in [0.29, 0.717) is 37.8 Å². The predicted molar refractivity (Wildman–Crippen MR) is 217 cm³/mol. The fraction of sp³-hybridized carbons (Fsp3) is 0.541. The van der Waals surface area contributed by atoms with Gasteiger partial charge in [-0.05, 0) is 69.1 Å². The van der Waals surface area contributed by atoms with Crippen LogP contribution in [0.25, 0.3) is 0 Å². The molecule has 18 N–H and O–H groups in total. The van der Waals surface area contributed by atoms with Crippen molar-refractivity contribution < 1.29 is 29.1 Å². The number of Topliss-reactive ketones (excluding diaryl/α,β-unsaturated/α-hetero) is 2. The van der Waals surface area contributed by atoms with Gasteiger partial charge in [-0.15, -0.1) is 0 Å². The van der Waals surface area contributed by atoms with E-state index in [1.807, 2.05) is 6.92 Å². The Labute approximate surface area is 332 Å². The number of primary amides is 1. The number of nitrogens with two attached hydrogens (primary N) is 7. The minimum Gasteiger partial charge on any atom is -0.508 e. The van der Waals surface area contributed by atoms with Gasteiger partial charge in [0.2, 0.25) is 17.7 Å². The normalized spacial score (nSPS) is 13.5. The molecule has 0 bridgehead atoms. The summed E-state index contributed by atoms with van der Waals surface area (Å²) in [6.07, 6.45) is 4.83. The quantitative estimate of drug-likeness (QED) is 0.0271. The number of hydrogen-bond acceptors (Lipinski definition) is 10. The molecule has 1 heterocycles. The Morgan fingerprint density at radius 1 is 0.684 bits per heavy atom. The van der Waals surface area contributed by atoms with Crippen LogP contribution in [-0.4, -0.2) is 94.0 Å². The number of carbonyl (C=O) groups is 5. The maximum Gasteiger partial charge on any atom is 0.224 e. The number of imidazole rings is 1. The summed E-state index contributed by atoms with van der Waals surface area (Å²) >= 11 is 0. The SMILES string of the molecule is CC[C@@H](Cc1ccc(O)cc1)C(=O)N[C@@H](CCCN=C(N)N)C(=O)C[C@@H](Cc1cnc[nH]1)C(=O)N[C@@H](CCCN=C(N)N)C(=O)C[C@@H](CCCN=C(N)N)C(N)=O. The van der Waals surface area contributed by atoms with Gasteiger partial charge in [-0.3, -0.25) is 38.9 Å². The number of amides is 3. The molecule has 5 atom stereocenters. The Bertz CT molecular complexity index is 1670. The van der Waals surface area contributed by atoms with Crippen LogP contribution >= 0.6 is 0 Å². The second-order valence-corrected chi connectivity index (χ2v) is 13.9. The highest BCUT2D eigenvalue weighted by Gasteiger charge is 2.32. The van der Waals surface area contributed by atoms with Gasteiger partial charge in [0.1, 0.15) is 5.75 Å². The minimum absolute atomic E-state index is 0.0499. The first-order valence-corrected chi connectivity index (χ1v) is 19.0. The Kier molecular flexibility index (Phi) is 20.6. The standard InChI is InChI=1S/C37H60N14O6/c1-2-23(16-22-9-11-27(52)12-10-22)33(56)50-29(8-5-15-48-37(43)44)31(54)19-25(17-26-20-45-21-49-26)34(57)51-28(7-4-14-47-36(41)42)30(53)18-24(32(38)55)6-3-13-46-35(39)40/h9-12,20-21,23-25,28-29,52H,2-8,13-19H2,1H3,(H2,38,55)(H,45,49)(H,50,56)(H,51,57)(H4,39,40,46)(H4,41,42,47)(H4,43,44,48)/t23-,24+,25+,28-,29-/m0/s1. The Morgan fingerprint density at radius 2 is 1.16 bits per heavy atom. The Hall–Kier alpha value is -6.21. The zero-order valence-corrected chi connectivity index (χ0v) is 32.6. The first-order valence-electron chi connectivity index (χ1n) is 19.0. The van der Waals surface area contributed by atoms with E-state index in [1.165, 1.54) is 24.7 Å². The molecule has 0 radical (unpaired) electrons. The molecule has 314 valence electrons. The van der Waals surface area contributed by atoms with Crippen LogP contribution in [0.3, 0.4) is 0 Å². The van der Waals surface area contributed by atoms with Crippen LogP contribution in [0.1, 0.15) is 76.0 Å². The van der Waals surface area contributed by atoms with Gasteiger partial charge in [0.05, 0.1) is 24.3 Å². The average Bonchev–Trinajstić information content (AvgIpc) is 3.67. The van der Waals surface area contributed by atoms with E-state index in [-0.39, 0.29) is 87.7 Å². The molecule has 0 spiro atoms. The van der Waals surface area contributed by atoms with E-state index in [0.717, 1.165) is 5.56 Å². The number of benzene rings is 1. The van der Waals surface area contributed by atoms with Crippen molar-refractivity contribution in [2.24, 2.45) is 72.9 Å².